The maximum atomic E-state index is 5.90. The summed E-state index contributed by atoms with van der Waals surface area (Å²) in [6, 6.07) is 0.591. The van der Waals surface area contributed by atoms with Gasteiger partial charge in [0.05, 0.1) is 5.69 Å². The predicted octanol–water partition coefficient (Wildman–Crippen LogP) is 3.52. The molecule has 2 N–H and O–H groups in total. The summed E-state index contributed by atoms with van der Waals surface area (Å²) in [5.74, 6) is 0.835. The van der Waals surface area contributed by atoms with Crippen LogP contribution in [0.2, 0.25) is 0 Å². The Morgan fingerprint density at radius 2 is 2.05 bits per heavy atom. The third-order valence-corrected chi connectivity index (χ3v) is 5.08. The lowest BCUT2D eigenvalue weighted by Crippen LogP contribution is -2.40. The van der Waals surface area contributed by atoms with E-state index in [1.54, 1.807) is 11.3 Å². The highest BCUT2D eigenvalue weighted by Gasteiger charge is 2.28. The Balaban J connectivity index is 2.28. The summed E-state index contributed by atoms with van der Waals surface area (Å²) in [5, 5.41) is 1.17. The molecule has 2 heterocycles. The highest BCUT2D eigenvalue weighted by molar-refractivity contribution is 7.15. The van der Waals surface area contributed by atoms with Crippen LogP contribution in [0.25, 0.3) is 0 Å². The topological polar surface area (TPSA) is 42.2 Å². The molecule has 0 radical (unpaired) electrons. The molecule has 19 heavy (non-hydrogen) atoms. The van der Waals surface area contributed by atoms with Crippen molar-refractivity contribution >= 4 is 16.5 Å². The summed E-state index contributed by atoms with van der Waals surface area (Å²) in [4.78, 5) is 8.63. The van der Waals surface area contributed by atoms with E-state index in [0.29, 0.717) is 12.6 Å². The molecule has 0 spiro atoms. The molecule has 0 aromatic carbocycles. The van der Waals surface area contributed by atoms with Crippen LogP contribution >= 0.6 is 11.3 Å². The minimum Gasteiger partial charge on any atom is -0.345 e. The molecule has 4 heteroatoms. The van der Waals surface area contributed by atoms with E-state index < -0.39 is 0 Å². The molecule has 3 nitrogen and oxygen atoms in total. The minimum absolute atomic E-state index is 0.0791. The highest BCUT2D eigenvalue weighted by Crippen LogP contribution is 2.36. The molecule has 2 unspecified atom stereocenters. The van der Waals surface area contributed by atoms with Gasteiger partial charge >= 0.3 is 0 Å². The third kappa shape index (κ3) is 3.11. The molecule has 108 valence electrons. The lowest BCUT2D eigenvalue weighted by molar-refractivity contribution is 0.377. The Kier molecular flexibility index (Phi) is 4.21. The van der Waals surface area contributed by atoms with Crippen LogP contribution in [0.1, 0.15) is 58.0 Å². The van der Waals surface area contributed by atoms with Gasteiger partial charge in [-0.05, 0) is 25.7 Å². The van der Waals surface area contributed by atoms with Crippen molar-refractivity contribution in [2.24, 2.45) is 11.7 Å². The number of rotatable bonds is 2. The molecule has 1 aliphatic rings. The molecule has 2 rings (SSSR count). The van der Waals surface area contributed by atoms with E-state index in [1.807, 2.05) is 0 Å². The van der Waals surface area contributed by atoms with Gasteiger partial charge in [0.25, 0.3) is 0 Å². The first-order valence-electron chi connectivity index (χ1n) is 7.29. The number of nitrogens with two attached hydrogens (primary N) is 1. The van der Waals surface area contributed by atoms with Crippen molar-refractivity contribution in [1.82, 2.24) is 4.98 Å². The fourth-order valence-electron chi connectivity index (χ4n) is 2.88. The molecular formula is C15H27N3S. The highest BCUT2D eigenvalue weighted by atomic mass is 32.1. The Hall–Kier alpha value is -0.610. The molecule has 1 fully saturated rings. The second kappa shape index (κ2) is 5.41. The van der Waals surface area contributed by atoms with Crippen molar-refractivity contribution in [1.29, 1.82) is 0 Å². The summed E-state index contributed by atoms with van der Waals surface area (Å²) in [6.07, 6.45) is 2.54. The fourth-order valence-corrected chi connectivity index (χ4v) is 4.16. The van der Waals surface area contributed by atoms with Gasteiger partial charge in [-0.2, -0.15) is 0 Å². The second-order valence-corrected chi connectivity index (χ2v) is 7.96. The van der Waals surface area contributed by atoms with Crippen molar-refractivity contribution in [3.63, 3.8) is 0 Å². The van der Waals surface area contributed by atoms with Crippen LogP contribution in [-0.4, -0.2) is 17.6 Å². The summed E-state index contributed by atoms with van der Waals surface area (Å²) in [6.45, 7) is 13.0. The van der Waals surface area contributed by atoms with Gasteiger partial charge in [-0.1, -0.05) is 27.7 Å². The predicted molar refractivity (Wildman–Crippen MR) is 83.9 cm³/mol. The SMILES string of the molecule is CC1CCN(c2nc(C(C)(C)C)c(CN)s2)C(C)C1. The van der Waals surface area contributed by atoms with Crippen LogP contribution in [0.3, 0.4) is 0 Å². The van der Waals surface area contributed by atoms with Gasteiger partial charge < -0.3 is 10.6 Å². The first-order valence-corrected chi connectivity index (χ1v) is 8.11. The zero-order chi connectivity index (χ0) is 14.2. The van der Waals surface area contributed by atoms with Crippen LogP contribution < -0.4 is 10.6 Å². The van der Waals surface area contributed by atoms with Gasteiger partial charge in [0.15, 0.2) is 5.13 Å². The average Bonchev–Trinajstić information content (AvgIpc) is 2.72. The Labute approximate surface area is 121 Å². The quantitative estimate of drug-likeness (QED) is 0.902. The van der Waals surface area contributed by atoms with Crippen molar-refractivity contribution in [3.8, 4) is 0 Å². The number of thiazole rings is 1. The molecule has 1 aromatic rings. The largest absolute Gasteiger partial charge is 0.345 e. The molecule has 0 saturated carbocycles. The minimum atomic E-state index is 0.0791. The van der Waals surface area contributed by atoms with Crippen LogP contribution in [0.15, 0.2) is 0 Å². The Bertz CT molecular complexity index is 433. The number of anilines is 1. The molecule has 0 aliphatic carbocycles. The van der Waals surface area contributed by atoms with Gasteiger partial charge in [0.2, 0.25) is 0 Å². The zero-order valence-electron chi connectivity index (χ0n) is 12.9. The van der Waals surface area contributed by atoms with Gasteiger partial charge in [-0.3, -0.25) is 0 Å². The maximum absolute atomic E-state index is 5.90. The standard InChI is InChI=1S/C15H27N3S/c1-10-6-7-18(11(2)8-10)14-17-13(15(3,4)5)12(9-16)19-14/h10-11H,6-9,16H2,1-5H3. The zero-order valence-corrected chi connectivity index (χ0v) is 13.7. The summed E-state index contributed by atoms with van der Waals surface area (Å²) in [7, 11) is 0. The average molecular weight is 281 g/mol. The number of hydrogen-bond acceptors (Lipinski definition) is 4. The molecule has 1 aromatic heterocycles. The van der Waals surface area contributed by atoms with Crippen molar-refractivity contribution in [3.05, 3.63) is 10.6 Å². The van der Waals surface area contributed by atoms with E-state index in [0.717, 1.165) is 12.5 Å². The monoisotopic (exact) mass is 281 g/mol. The van der Waals surface area contributed by atoms with Gasteiger partial charge in [0, 0.05) is 29.4 Å². The van der Waals surface area contributed by atoms with E-state index in [-0.39, 0.29) is 5.41 Å². The normalized spacial score (nSPS) is 24.8. The van der Waals surface area contributed by atoms with Crippen molar-refractivity contribution in [2.75, 3.05) is 11.4 Å². The summed E-state index contributed by atoms with van der Waals surface area (Å²) >= 11 is 1.79. The lowest BCUT2D eigenvalue weighted by atomic mass is 9.91. The summed E-state index contributed by atoms with van der Waals surface area (Å²) in [5.41, 5.74) is 7.16. The fraction of sp³-hybridized carbons (Fsp3) is 0.800. The maximum Gasteiger partial charge on any atom is 0.186 e. The Morgan fingerprint density at radius 1 is 1.37 bits per heavy atom. The molecule has 2 atom stereocenters. The first kappa shape index (κ1) is 14.8. The van der Waals surface area contributed by atoms with E-state index >= 15 is 0 Å². The third-order valence-electron chi connectivity index (χ3n) is 3.97. The number of piperidine rings is 1. The number of nitrogens with zero attached hydrogens (tertiary/aromatic N) is 2. The molecule has 1 aliphatic heterocycles. The first-order chi connectivity index (χ1) is 8.82. The van der Waals surface area contributed by atoms with Crippen LogP contribution in [0, 0.1) is 5.92 Å². The van der Waals surface area contributed by atoms with Crippen LogP contribution in [-0.2, 0) is 12.0 Å². The molecule has 1 saturated heterocycles. The van der Waals surface area contributed by atoms with E-state index in [2.05, 4.69) is 39.5 Å². The van der Waals surface area contributed by atoms with Crippen LogP contribution in [0.4, 0.5) is 5.13 Å². The van der Waals surface area contributed by atoms with Gasteiger partial charge in [-0.15, -0.1) is 11.3 Å². The molecular weight excluding hydrogens is 254 g/mol. The van der Waals surface area contributed by atoms with Crippen molar-refractivity contribution in [2.45, 2.75) is 65.5 Å². The number of aromatic nitrogens is 1. The summed E-state index contributed by atoms with van der Waals surface area (Å²) < 4.78 is 0. The van der Waals surface area contributed by atoms with E-state index in [1.165, 1.54) is 28.5 Å². The van der Waals surface area contributed by atoms with Gasteiger partial charge in [-0.25, -0.2) is 4.98 Å². The number of hydrogen-bond donors (Lipinski definition) is 1. The van der Waals surface area contributed by atoms with Gasteiger partial charge in [0.1, 0.15) is 0 Å². The molecule has 0 amide bonds. The smallest absolute Gasteiger partial charge is 0.186 e. The second-order valence-electron chi connectivity index (χ2n) is 6.89. The molecule has 0 bridgehead atoms. The van der Waals surface area contributed by atoms with E-state index in [9.17, 15) is 0 Å². The van der Waals surface area contributed by atoms with E-state index in [4.69, 9.17) is 10.7 Å². The van der Waals surface area contributed by atoms with Crippen LogP contribution in [0.5, 0.6) is 0 Å². The lowest BCUT2D eigenvalue weighted by Gasteiger charge is -2.36. The Morgan fingerprint density at radius 3 is 2.53 bits per heavy atom. The van der Waals surface area contributed by atoms with Crippen molar-refractivity contribution < 1.29 is 0 Å².